The lowest BCUT2D eigenvalue weighted by atomic mass is 9.94. The molecule has 0 fully saturated rings. The van der Waals surface area contributed by atoms with Crippen LogP contribution in [0, 0.1) is 11.8 Å². The molecule has 37 heavy (non-hydrogen) atoms. The van der Waals surface area contributed by atoms with E-state index in [2.05, 4.69) is 24.5 Å². The number of amides is 5. The maximum atomic E-state index is 13.3. The van der Waals surface area contributed by atoms with Crippen LogP contribution in [0.25, 0.3) is 0 Å². The Bertz CT molecular complexity index is 1150. The van der Waals surface area contributed by atoms with Gasteiger partial charge in [0.05, 0.1) is 6.54 Å². The number of unbranched alkanes of at least 4 members (excludes halogenated alkanes) is 1. The molecule has 1 unspecified atom stereocenters. The van der Waals surface area contributed by atoms with Crippen LogP contribution in [0.15, 0.2) is 48.6 Å². The van der Waals surface area contributed by atoms with E-state index in [0.717, 1.165) is 6.42 Å². The molecule has 0 bridgehead atoms. The van der Waals surface area contributed by atoms with E-state index in [0.29, 0.717) is 48.7 Å². The molecule has 1 heterocycles. The molecule has 3 rings (SSSR count). The van der Waals surface area contributed by atoms with Crippen molar-refractivity contribution in [3.8, 4) is 0 Å². The van der Waals surface area contributed by atoms with Crippen molar-refractivity contribution in [1.82, 2.24) is 10.2 Å². The highest BCUT2D eigenvalue weighted by molar-refractivity contribution is 6.17. The van der Waals surface area contributed by atoms with Gasteiger partial charge in [-0.15, -0.1) is 0 Å². The van der Waals surface area contributed by atoms with Crippen LogP contribution < -0.4 is 10.6 Å². The van der Waals surface area contributed by atoms with Crippen LogP contribution in [-0.4, -0.2) is 64.4 Å². The lowest BCUT2D eigenvalue weighted by Gasteiger charge is -2.26. The zero-order chi connectivity index (χ0) is 26.9. The molecular formula is C28H35N4O5+. The van der Waals surface area contributed by atoms with Gasteiger partial charge in [-0.3, -0.25) is 14.4 Å². The van der Waals surface area contributed by atoms with E-state index in [1.54, 1.807) is 48.6 Å². The second-order valence-corrected chi connectivity index (χ2v) is 9.68. The molecule has 1 aromatic rings. The number of fused-ring (bicyclic) bond motifs is 1. The number of hydrogen-bond acceptors (Lipinski definition) is 5. The van der Waals surface area contributed by atoms with Gasteiger partial charge in [-0.1, -0.05) is 32.1 Å². The molecule has 0 spiro atoms. The fourth-order valence-corrected chi connectivity index (χ4v) is 4.16. The smallest absolute Gasteiger partial charge is 0.356 e. The fraction of sp³-hybridized carbons (Fsp3) is 0.429. The zero-order valence-corrected chi connectivity index (χ0v) is 21.7. The van der Waals surface area contributed by atoms with Crippen molar-refractivity contribution in [2.45, 2.75) is 46.5 Å². The number of benzene rings is 1. The van der Waals surface area contributed by atoms with Crippen molar-refractivity contribution in [2.24, 2.45) is 11.8 Å². The second-order valence-electron chi connectivity index (χ2n) is 9.68. The molecule has 2 aliphatic rings. The minimum absolute atomic E-state index is 0.0393. The van der Waals surface area contributed by atoms with E-state index in [4.69, 9.17) is 0 Å². The largest absolute Gasteiger partial charge is 0.501 e. The highest BCUT2D eigenvalue weighted by Crippen LogP contribution is 2.20. The first-order valence-electron chi connectivity index (χ1n) is 12.7. The van der Waals surface area contributed by atoms with Crippen molar-refractivity contribution in [1.29, 1.82) is 0 Å². The third-order valence-corrected chi connectivity index (χ3v) is 6.26. The summed E-state index contributed by atoms with van der Waals surface area (Å²) in [6, 6.07) is 5.93. The molecule has 196 valence electrons. The highest BCUT2D eigenvalue weighted by atomic mass is 16.2. The molecule has 5 amide bonds. The summed E-state index contributed by atoms with van der Waals surface area (Å²) in [5, 5.41) is 5.63. The van der Waals surface area contributed by atoms with Gasteiger partial charge in [-0.2, -0.15) is 14.3 Å². The van der Waals surface area contributed by atoms with Gasteiger partial charge in [-0.05, 0) is 62.4 Å². The Morgan fingerprint density at radius 2 is 1.76 bits per heavy atom. The van der Waals surface area contributed by atoms with E-state index >= 15 is 0 Å². The number of anilines is 1. The highest BCUT2D eigenvalue weighted by Gasteiger charge is 2.46. The van der Waals surface area contributed by atoms with Crippen molar-refractivity contribution in [2.75, 3.05) is 25.0 Å². The Labute approximate surface area is 217 Å². The molecule has 1 atom stereocenters. The first-order valence-corrected chi connectivity index (χ1v) is 12.7. The molecule has 1 aromatic carbocycles. The van der Waals surface area contributed by atoms with Crippen LogP contribution in [0.3, 0.4) is 0 Å². The first kappa shape index (κ1) is 27.7. The van der Waals surface area contributed by atoms with Crippen LogP contribution in [-0.2, 0) is 14.4 Å². The molecule has 2 N–H and O–H groups in total. The molecule has 9 nitrogen and oxygen atoms in total. The number of nitrogens with zero attached hydrogens (tertiary/aromatic N) is 2. The van der Waals surface area contributed by atoms with Gasteiger partial charge in [0, 0.05) is 24.2 Å². The Morgan fingerprint density at radius 1 is 1.03 bits per heavy atom. The van der Waals surface area contributed by atoms with Crippen LogP contribution in [0.2, 0.25) is 0 Å². The van der Waals surface area contributed by atoms with Crippen molar-refractivity contribution in [3.63, 3.8) is 0 Å². The standard InChI is InChI=1S/C28H34N4O5/c1-19(2)15-16-29-25(34)10-6-7-17-31-27(36)23-8-4-5-9-24(23)32(28(31)37)18-26(35)30-22-13-11-21(12-14-22)20(3)33/h4-5,8-9,11-14,19,23H,6-7,10,15-18H2,1-3H3,(H-,29,30,33,34,35)/p+1. The van der Waals surface area contributed by atoms with Gasteiger partial charge in [-0.25, -0.2) is 4.79 Å². The van der Waals surface area contributed by atoms with Gasteiger partial charge in [0.25, 0.3) is 5.91 Å². The third-order valence-electron chi connectivity index (χ3n) is 6.26. The molecule has 0 aromatic heterocycles. The minimum Gasteiger partial charge on any atom is -0.356 e. The van der Waals surface area contributed by atoms with Gasteiger partial charge in [0.15, 0.2) is 12.3 Å². The van der Waals surface area contributed by atoms with E-state index in [1.165, 1.54) is 16.4 Å². The van der Waals surface area contributed by atoms with E-state index in [9.17, 15) is 24.0 Å². The van der Waals surface area contributed by atoms with Crippen molar-refractivity contribution >= 4 is 40.9 Å². The summed E-state index contributed by atoms with van der Waals surface area (Å²) in [4.78, 5) is 63.8. The molecule has 9 heteroatoms. The maximum absolute atomic E-state index is 13.3. The summed E-state index contributed by atoms with van der Waals surface area (Å²) >= 11 is 0. The zero-order valence-electron chi connectivity index (χ0n) is 21.7. The van der Waals surface area contributed by atoms with Gasteiger partial charge < -0.3 is 10.6 Å². The topological polar surface area (TPSA) is 116 Å². The average molecular weight is 508 g/mol. The van der Waals surface area contributed by atoms with Crippen molar-refractivity contribution < 1.29 is 28.5 Å². The molecular weight excluding hydrogens is 472 g/mol. The summed E-state index contributed by atoms with van der Waals surface area (Å²) in [5.74, 6) is -1.01. The number of Topliss-reactive ketones (excluding diaryl/α,β-unsaturated/α-hetero) is 1. The number of imide groups is 1. The summed E-state index contributed by atoms with van der Waals surface area (Å²) < 4.78 is 1.32. The van der Waals surface area contributed by atoms with E-state index in [1.807, 2.05) is 0 Å². The number of allylic oxidation sites excluding steroid dienone is 3. The predicted molar refractivity (Wildman–Crippen MR) is 140 cm³/mol. The van der Waals surface area contributed by atoms with Gasteiger partial charge in [0.1, 0.15) is 11.6 Å². The number of nitrogens with one attached hydrogen (secondary N) is 2. The Morgan fingerprint density at radius 3 is 2.43 bits per heavy atom. The molecule has 0 saturated carbocycles. The lowest BCUT2D eigenvalue weighted by molar-refractivity contribution is -0.427. The van der Waals surface area contributed by atoms with Crippen LogP contribution in [0.5, 0.6) is 0 Å². The monoisotopic (exact) mass is 507 g/mol. The number of rotatable bonds is 12. The minimum atomic E-state index is -0.648. The molecule has 1 aliphatic heterocycles. The molecule has 0 radical (unpaired) electrons. The normalized spacial score (nSPS) is 16.8. The number of ketones is 1. The van der Waals surface area contributed by atoms with Crippen molar-refractivity contribution in [3.05, 3.63) is 54.1 Å². The quantitative estimate of drug-likeness (QED) is 0.256. The van der Waals surface area contributed by atoms with Crippen LogP contribution in [0.4, 0.5) is 10.5 Å². The number of hydrogen-bond donors (Lipinski definition) is 2. The second kappa shape index (κ2) is 12.9. The third kappa shape index (κ3) is 7.55. The Hall–Kier alpha value is -3.88. The Kier molecular flexibility index (Phi) is 9.65. The average Bonchev–Trinajstić information content (AvgIpc) is 2.86. The van der Waals surface area contributed by atoms with Gasteiger partial charge in [0.2, 0.25) is 5.91 Å². The molecule has 0 saturated heterocycles. The van der Waals surface area contributed by atoms with E-state index < -0.39 is 17.9 Å². The van der Waals surface area contributed by atoms with Crippen LogP contribution in [0.1, 0.15) is 56.8 Å². The molecule has 1 aliphatic carbocycles. The lowest BCUT2D eigenvalue weighted by Crippen LogP contribution is -2.55. The number of carbonyl (C=O) groups is 5. The summed E-state index contributed by atoms with van der Waals surface area (Å²) in [6.07, 6.45) is 9.13. The summed E-state index contributed by atoms with van der Waals surface area (Å²) in [6.45, 7) is 6.20. The fourth-order valence-electron chi connectivity index (χ4n) is 4.16. The first-order chi connectivity index (χ1) is 17.7. The summed E-state index contributed by atoms with van der Waals surface area (Å²) in [7, 11) is 0. The van der Waals surface area contributed by atoms with Crippen LogP contribution >= 0.6 is 0 Å². The maximum Gasteiger partial charge on any atom is 0.501 e. The van der Waals surface area contributed by atoms with Gasteiger partial charge >= 0.3 is 11.9 Å². The summed E-state index contributed by atoms with van der Waals surface area (Å²) in [5.41, 5.74) is 1.49. The Balaban J connectivity index is 1.62. The number of urea groups is 1. The SMILES string of the molecule is CC(=O)c1ccc(NC(=O)C[N+]2=C3C=CC=CC3C(=O)N(CCCCC(=O)NCCC(C)C)C2=O)cc1. The number of carbonyl (C=O) groups excluding carboxylic acids is 5. The van der Waals surface area contributed by atoms with E-state index in [-0.39, 0.29) is 30.7 Å². The predicted octanol–water partition coefficient (Wildman–Crippen LogP) is 3.32.